The summed E-state index contributed by atoms with van der Waals surface area (Å²) in [4.78, 5) is 31.9. The average molecular weight is 416 g/mol. The number of alkyl carbamates (subject to hydrolysis) is 1. The summed E-state index contributed by atoms with van der Waals surface area (Å²) in [6.07, 6.45) is 0.294. The molecule has 0 aromatic heterocycles. The van der Waals surface area contributed by atoms with Crippen LogP contribution >= 0.6 is 0 Å². The number of ether oxygens (including phenoxy) is 2. The number of guanidine groups is 1. The molecule has 0 saturated heterocycles. The molecule has 9 heteroatoms. The van der Waals surface area contributed by atoms with Gasteiger partial charge in [0.05, 0.1) is 6.61 Å². The molecule has 29 heavy (non-hydrogen) atoms. The van der Waals surface area contributed by atoms with Crippen LogP contribution in [0.15, 0.2) is 4.99 Å². The topological polar surface area (TPSA) is 95.5 Å². The minimum absolute atomic E-state index is 0.0454. The molecule has 0 radical (unpaired) electrons. The standard InChI is InChI=1S/C20H41N5O4/c1-15(2)16(23-19(27)29-20(3,4)5)10-12-25(8)18(21-11-13-28-9)22-14-17(26)24(6)7/h15-16H,10-14H2,1-9H3,(H,21,22)(H,23,27). The molecule has 9 nitrogen and oxygen atoms in total. The molecule has 0 bridgehead atoms. The van der Waals surface area contributed by atoms with Crippen molar-refractivity contribution in [3.05, 3.63) is 0 Å². The zero-order valence-corrected chi connectivity index (χ0v) is 19.7. The van der Waals surface area contributed by atoms with E-state index in [4.69, 9.17) is 9.47 Å². The van der Waals surface area contributed by atoms with Gasteiger partial charge in [0.25, 0.3) is 0 Å². The number of hydrogen-bond acceptors (Lipinski definition) is 5. The molecule has 1 atom stereocenters. The van der Waals surface area contributed by atoms with Gasteiger partial charge in [-0.25, -0.2) is 9.79 Å². The quantitative estimate of drug-likeness (QED) is 0.319. The number of carbonyl (C=O) groups is 2. The minimum Gasteiger partial charge on any atom is -0.444 e. The van der Waals surface area contributed by atoms with Crippen LogP contribution in [0.25, 0.3) is 0 Å². The van der Waals surface area contributed by atoms with Crippen LogP contribution in [0.5, 0.6) is 0 Å². The summed E-state index contributed by atoms with van der Waals surface area (Å²) in [5.74, 6) is 0.793. The predicted octanol–water partition coefficient (Wildman–Crippen LogP) is 1.54. The summed E-state index contributed by atoms with van der Waals surface area (Å²) in [5.41, 5.74) is -0.535. The summed E-state index contributed by atoms with van der Waals surface area (Å²) >= 11 is 0. The second-order valence-electron chi connectivity index (χ2n) is 8.55. The Labute approximate surface area is 176 Å². The van der Waals surface area contributed by atoms with Crippen LogP contribution in [0.4, 0.5) is 4.79 Å². The summed E-state index contributed by atoms with van der Waals surface area (Å²) in [7, 11) is 6.95. The zero-order valence-electron chi connectivity index (χ0n) is 19.7. The highest BCUT2D eigenvalue weighted by atomic mass is 16.6. The fourth-order valence-corrected chi connectivity index (χ4v) is 2.33. The van der Waals surface area contributed by atoms with Gasteiger partial charge in [-0.2, -0.15) is 0 Å². The number of rotatable bonds is 10. The summed E-state index contributed by atoms with van der Waals surface area (Å²) in [5, 5.41) is 6.16. The van der Waals surface area contributed by atoms with E-state index in [1.54, 1.807) is 21.2 Å². The number of methoxy groups -OCH3 is 1. The Kier molecular flexibility index (Phi) is 12.3. The van der Waals surface area contributed by atoms with Crippen molar-refractivity contribution in [2.75, 3.05) is 54.5 Å². The SMILES string of the molecule is COCCNC(=NCC(=O)N(C)C)N(C)CCC(NC(=O)OC(C)(C)C)C(C)C. The van der Waals surface area contributed by atoms with Crippen molar-refractivity contribution in [3.8, 4) is 0 Å². The summed E-state index contributed by atoms with van der Waals surface area (Å²) in [6, 6.07) is -0.0454. The molecule has 0 heterocycles. The Hall–Kier alpha value is -2.03. The Morgan fingerprint density at radius 1 is 1.14 bits per heavy atom. The number of nitrogens with zero attached hydrogens (tertiary/aromatic N) is 3. The first kappa shape index (κ1) is 27.0. The molecule has 0 aromatic rings. The number of likely N-dealkylation sites (N-methyl/N-ethyl adjacent to an activating group) is 1. The number of aliphatic imine (C=N–C) groups is 1. The first-order chi connectivity index (χ1) is 13.4. The number of amides is 2. The molecular formula is C20H41N5O4. The van der Waals surface area contributed by atoms with Gasteiger partial charge in [0.1, 0.15) is 12.1 Å². The third-order valence-corrected chi connectivity index (χ3v) is 4.10. The highest BCUT2D eigenvalue weighted by Crippen LogP contribution is 2.11. The van der Waals surface area contributed by atoms with Gasteiger partial charge in [-0.1, -0.05) is 13.8 Å². The van der Waals surface area contributed by atoms with Crippen molar-refractivity contribution in [3.63, 3.8) is 0 Å². The van der Waals surface area contributed by atoms with Gasteiger partial charge in [0.15, 0.2) is 5.96 Å². The molecule has 0 fully saturated rings. The predicted molar refractivity (Wildman–Crippen MR) is 116 cm³/mol. The van der Waals surface area contributed by atoms with Crippen molar-refractivity contribution in [1.82, 2.24) is 20.4 Å². The normalized spacial score (nSPS) is 13.1. The van der Waals surface area contributed by atoms with Gasteiger partial charge >= 0.3 is 6.09 Å². The van der Waals surface area contributed by atoms with Gasteiger partial charge in [-0.05, 0) is 33.1 Å². The molecule has 0 aromatic carbocycles. The monoisotopic (exact) mass is 415 g/mol. The van der Waals surface area contributed by atoms with E-state index < -0.39 is 11.7 Å². The van der Waals surface area contributed by atoms with Crippen LogP contribution in [0, 0.1) is 5.92 Å². The molecule has 0 aliphatic rings. The maximum Gasteiger partial charge on any atom is 0.407 e. The fourth-order valence-electron chi connectivity index (χ4n) is 2.33. The van der Waals surface area contributed by atoms with Crippen LogP contribution in [0.1, 0.15) is 41.0 Å². The highest BCUT2D eigenvalue weighted by Gasteiger charge is 2.22. The van der Waals surface area contributed by atoms with Crippen LogP contribution in [0.3, 0.4) is 0 Å². The lowest BCUT2D eigenvalue weighted by atomic mass is 10.0. The van der Waals surface area contributed by atoms with Crippen molar-refractivity contribution in [1.29, 1.82) is 0 Å². The fraction of sp³-hybridized carbons (Fsp3) is 0.850. The average Bonchev–Trinajstić information content (AvgIpc) is 2.58. The van der Waals surface area contributed by atoms with E-state index in [-0.39, 0.29) is 24.4 Å². The molecule has 170 valence electrons. The molecule has 2 N–H and O–H groups in total. The van der Waals surface area contributed by atoms with Crippen molar-refractivity contribution in [2.24, 2.45) is 10.9 Å². The summed E-state index contributed by atoms with van der Waals surface area (Å²) < 4.78 is 10.4. The van der Waals surface area contributed by atoms with Gasteiger partial charge in [0.2, 0.25) is 5.91 Å². The van der Waals surface area contributed by atoms with Crippen molar-refractivity contribution >= 4 is 18.0 Å². The van der Waals surface area contributed by atoms with E-state index >= 15 is 0 Å². The molecule has 1 unspecified atom stereocenters. The van der Waals surface area contributed by atoms with E-state index in [1.807, 2.05) is 32.7 Å². The maximum atomic E-state index is 12.1. The lowest BCUT2D eigenvalue weighted by Crippen LogP contribution is -2.46. The third-order valence-electron chi connectivity index (χ3n) is 4.10. The first-order valence-electron chi connectivity index (χ1n) is 10.1. The van der Waals surface area contributed by atoms with E-state index in [1.165, 1.54) is 4.90 Å². The highest BCUT2D eigenvalue weighted by molar-refractivity contribution is 5.84. The molecule has 0 spiro atoms. The maximum absolute atomic E-state index is 12.1. The van der Waals surface area contributed by atoms with Crippen LogP contribution in [-0.2, 0) is 14.3 Å². The zero-order chi connectivity index (χ0) is 22.6. The van der Waals surface area contributed by atoms with Gasteiger partial charge in [-0.15, -0.1) is 0 Å². The minimum atomic E-state index is -0.535. The first-order valence-corrected chi connectivity index (χ1v) is 10.1. The lowest BCUT2D eigenvalue weighted by Gasteiger charge is -2.28. The molecule has 0 aliphatic carbocycles. The van der Waals surface area contributed by atoms with Crippen LogP contribution in [-0.4, -0.2) is 93.9 Å². The van der Waals surface area contributed by atoms with Crippen molar-refractivity contribution < 1.29 is 19.1 Å². The van der Waals surface area contributed by atoms with Crippen LogP contribution in [0.2, 0.25) is 0 Å². The molecule has 0 rings (SSSR count). The second kappa shape index (κ2) is 13.2. The molecular weight excluding hydrogens is 374 g/mol. The molecule has 0 saturated carbocycles. The van der Waals surface area contributed by atoms with E-state index in [9.17, 15) is 9.59 Å². The number of carbonyl (C=O) groups excluding carboxylic acids is 2. The Bertz CT molecular complexity index is 529. The van der Waals surface area contributed by atoms with E-state index in [0.29, 0.717) is 32.1 Å². The smallest absolute Gasteiger partial charge is 0.407 e. The van der Waals surface area contributed by atoms with Crippen molar-refractivity contribution in [2.45, 2.75) is 52.7 Å². The van der Waals surface area contributed by atoms with E-state index in [2.05, 4.69) is 29.5 Å². The van der Waals surface area contributed by atoms with E-state index in [0.717, 1.165) is 0 Å². The largest absolute Gasteiger partial charge is 0.444 e. The third kappa shape index (κ3) is 12.9. The second-order valence-corrected chi connectivity index (χ2v) is 8.55. The molecule has 2 amide bonds. The number of nitrogens with one attached hydrogen (secondary N) is 2. The summed E-state index contributed by atoms with van der Waals surface area (Å²) in [6.45, 7) is 11.5. The van der Waals surface area contributed by atoms with Crippen LogP contribution < -0.4 is 10.6 Å². The Morgan fingerprint density at radius 2 is 1.76 bits per heavy atom. The van der Waals surface area contributed by atoms with Gasteiger partial charge in [-0.3, -0.25) is 4.79 Å². The Morgan fingerprint density at radius 3 is 2.24 bits per heavy atom. The number of hydrogen-bond donors (Lipinski definition) is 2. The van der Waals surface area contributed by atoms with Gasteiger partial charge in [0, 0.05) is 47.4 Å². The lowest BCUT2D eigenvalue weighted by molar-refractivity contribution is -0.127. The Balaban J connectivity index is 4.95. The van der Waals surface area contributed by atoms with Gasteiger partial charge < -0.3 is 29.9 Å². The molecule has 0 aliphatic heterocycles.